The lowest BCUT2D eigenvalue weighted by Crippen LogP contribution is -2.50. The summed E-state index contributed by atoms with van der Waals surface area (Å²) in [5, 5.41) is 14.2. The van der Waals surface area contributed by atoms with Crippen molar-refractivity contribution in [2.75, 3.05) is 26.2 Å². The summed E-state index contributed by atoms with van der Waals surface area (Å²) >= 11 is 1.57. The van der Waals surface area contributed by atoms with E-state index in [0.29, 0.717) is 0 Å². The van der Waals surface area contributed by atoms with Crippen LogP contribution in [0.2, 0.25) is 0 Å². The van der Waals surface area contributed by atoms with Gasteiger partial charge >= 0.3 is 12.1 Å². The molecule has 2 saturated heterocycles. The number of nitrogens with zero attached hydrogens (tertiary/aromatic N) is 1. The van der Waals surface area contributed by atoms with E-state index in [9.17, 15) is 18.0 Å². The lowest BCUT2D eigenvalue weighted by molar-refractivity contribution is -0.192. The van der Waals surface area contributed by atoms with Crippen LogP contribution in [0, 0.1) is 5.92 Å². The molecular weight excluding hydrogens is 409 g/mol. The highest BCUT2D eigenvalue weighted by molar-refractivity contribution is 7.08. The van der Waals surface area contributed by atoms with Crippen molar-refractivity contribution in [3.63, 3.8) is 0 Å². The largest absolute Gasteiger partial charge is 0.490 e. The Kier molecular flexibility index (Phi) is 6.85. The van der Waals surface area contributed by atoms with Gasteiger partial charge in [-0.1, -0.05) is 0 Å². The number of carbonyl (C=O) groups excluding carboxylic acids is 1. The van der Waals surface area contributed by atoms with Crippen molar-refractivity contribution < 1.29 is 32.6 Å². The third-order valence-corrected chi connectivity index (χ3v) is 6.15. The second-order valence-electron chi connectivity index (χ2n) is 7.94. The molecule has 162 valence electrons. The van der Waals surface area contributed by atoms with Gasteiger partial charge in [0.25, 0.3) is 5.91 Å². The number of aliphatic carboxylic acids is 1. The van der Waals surface area contributed by atoms with Crippen molar-refractivity contribution in [3.05, 3.63) is 22.4 Å². The van der Waals surface area contributed by atoms with Crippen molar-refractivity contribution in [3.8, 4) is 0 Å². The first-order valence-corrected chi connectivity index (χ1v) is 10.6. The first kappa shape index (κ1) is 22.0. The van der Waals surface area contributed by atoms with Crippen LogP contribution in [-0.2, 0) is 9.53 Å². The van der Waals surface area contributed by atoms with E-state index < -0.39 is 12.1 Å². The average Bonchev–Trinajstić information content (AvgIpc) is 3.14. The second kappa shape index (κ2) is 9.01. The Hall–Kier alpha value is -1.65. The molecule has 1 amide bonds. The molecule has 29 heavy (non-hydrogen) atoms. The van der Waals surface area contributed by atoms with Crippen LogP contribution >= 0.6 is 11.3 Å². The maximum atomic E-state index is 12.2. The Bertz CT molecular complexity index is 709. The minimum absolute atomic E-state index is 0.0142. The molecule has 3 fully saturated rings. The van der Waals surface area contributed by atoms with E-state index >= 15 is 0 Å². The molecule has 3 heterocycles. The minimum Gasteiger partial charge on any atom is -0.475 e. The molecule has 6 nitrogen and oxygen atoms in total. The number of halogens is 3. The van der Waals surface area contributed by atoms with Crippen molar-refractivity contribution in [1.82, 2.24) is 10.2 Å². The standard InChI is InChI=1S/C17H24N2O2S.C2HF3O2/c20-16(14-4-8-22-11-14)18-15-3-7-21-17(9-15)5-6-19(12-17)10-13-1-2-13;3-2(4,5)1(6)7/h4,8,11,13,15H,1-3,5-7,9-10,12H2,(H,18,20);(H,6,7)/t15-,17+;/m0./s1. The number of rotatable bonds is 4. The van der Waals surface area contributed by atoms with Gasteiger partial charge in [0, 0.05) is 43.2 Å². The number of nitrogens with one attached hydrogen (secondary N) is 1. The number of thiophene rings is 1. The SMILES string of the molecule is O=C(N[C@H]1CCO[C@]2(CCN(CC3CC3)C2)C1)c1ccsc1.O=C(O)C(F)(F)F. The third kappa shape index (κ3) is 6.42. The summed E-state index contributed by atoms with van der Waals surface area (Å²) in [6.45, 7) is 4.22. The number of alkyl halides is 3. The normalized spacial score (nSPS) is 27.3. The number of ether oxygens (including phenoxy) is 1. The van der Waals surface area contributed by atoms with E-state index in [4.69, 9.17) is 14.6 Å². The second-order valence-corrected chi connectivity index (χ2v) is 8.72. The van der Waals surface area contributed by atoms with Crippen molar-refractivity contribution >= 4 is 23.2 Å². The Labute approximate surface area is 171 Å². The average molecular weight is 434 g/mol. The highest BCUT2D eigenvalue weighted by Crippen LogP contribution is 2.37. The smallest absolute Gasteiger partial charge is 0.475 e. The molecule has 2 N–H and O–H groups in total. The van der Waals surface area contributed by atoms with Crippen LogP contribution in [0.4, 0.5) is 13.2 Å². The highest BCUT2D eigenvalue weighted by atomic mass is 32.1. The van der Waals surface area contributed by atoms with Crippen LogP contribution in [0.3, 0.4) is 0 Å². The highest BCUT2D eigenvalue weighted by Gasteiger charge is 2.44. The van der Waals surface area contributed by atoms with Crippen LogP contribution in [0.5, 0.6) is 0 Å². The van der Waals surface area contributed by atoms with E-state index in [-0.39, 0.29) is 17.6 Å². The van der Waals surface area contributed by atoms with E-state index in [0.717, 1.165) is 50.4 Å². The number of carboxylic acids is 1. The molecule has 4 rings (SSSR count). The first-order chi connectivity index (χ1) is 13.7. The molecule has 0 radical (unpaired) electrons. The molecule has 1 aromatic heterocycles. The Morgan fingerprint density at radius 1 is 1.34 bits per heavy atom. The number of amides is 1. The number of likely N-dealkylation sites (tertiary alicyclic amines) is 1. The fourth-order valence-electron chi connectivity index (χ4n) is 3.85. The molecule has 1 saturated carbocycles. The molecule has 2 aliphatic heterocycles. The van der Waals surface area contributed by atoms with Crippen LogP contribution in [0.15, 0.2) is 16.8 Å². The molecule has 0 unspecified atom stereocenters. The minimum atomic E-state index is -5.08. The summed E-state index contributed by atoms with van der Waals surface area (Å²) in [6, 6.07) is 2.14. The lowest BCUT2D eigenvalue weighted by Gasteiger charge is -2.38. The molecule has 1 spiro atoms. The van der Waals surface area contributed by atoms with Crippen LogP contribution in [-0.4, -0.2) is 65.9 Å². The predicted molar refractivity (Wildman–Crippen MR) is 101 cm³/mol. The molecule has 0 aromatic carbocycles. The topological polar surface area (TPSA) is 78.9 Å². The summed E-state index contributed by atoms with van der Waals surface area (Å²) < 4.78 is 37.9. The predicted octanol–water partition coefficient (Wildman–Crippen LogP) is 3.14. The van der Waals surface area contributed by atoms with Crippen molar-refractivity contribution in [2.45, 2.75) is 49.9 Å². The number of hydrogen-bond donors (Lipinski definition) is 2. The van der Waals surface area contributed by atoms with E-state index in [1.165, 1.54) is 19.4 Å². The number of hydrogen-bond acceptors (Lipinski definition) is 5. The van der Waals surface area contributed by atoms with Gasteiger partial charge in [0.1, 0.15) is 0 Å². The summed E-state index contributed by atoms with van der Waals surface area (Å²) in [6.07, 6.45) is 0.738. The van der Waals surface area contributed by atoms with Crippen molar-refractivity contribution in [2.24, 2.45) is 5.92 Å². The van der Waals surface area contributed by atoms with Gasteiger partial charge in [-0.25, -0.2) is 4.79 Å². The maximum absolute atomic E-state index is 12.2. The van der Waals surface area contributed by atoms with E-state index in [1.54, 1.807) is 11.3 Å². The molecular formula is C19H25F3N2O4S. The summed E-state index contributed by atoms with van der Waals surface area (Å²) in [5.41, 5.74) is 0.770. The van der Waals surface area contributed by atoms with Gasteiger partial charge in [-0.05, 0) is 49.5 Å². The third-order valence-electron chi connectivity index (χ3n) is 5.46. The van der Waals surface area contributed by atoms with E-state index in [1.807, 2.05) is 16.8 Å². The fourth-order valence-corrected chi connectivity index (χ4v) is 4.48. The van der Waals surface area contributed by atoms with Gasteiger partial charge < -0.3 is 20.1 Å². The van der Waals surface area contributed by atoms with Gasteiger partial charge in [-0.3, -0.25) is 4.79 Å². The zero-order valence-electron chi connectivity index (χ0n) is 15.9. The fraction of sp³-hybridized carbons (Fsp3) is 0.684. The van der Waals surface area contributed by atoms with Crippen LogP contribution in [0.25, 0.3) is 0 Å². The quantitative estimate of drug-likeness (QED) is 0.761. The molecule has 10 heteroatoms. The van der Waals surface area contributed by atoms with Gasteiger partial charge in [0.15, 0.2) is 0 Å². The maximum Gasteiger partial charge on any atom is 0.490 e. The van der Waals surface area contributed by atoms with Crippen molar-refractivity contribution in [1.29, 1.82) is 0 Å². The summed E-state index contributed by atoms with van der Waals surface area (Å²) in [7, 11) is 0. The lowest BCUT2D eigenvalue weighted by atomic mass is 9.89. The molecule has 1 aromatic rings. The van der Waals surface area contributed by atoms with Gasteiger partial charge in [0.2, 0.25) is 0 Å². The summed E-state index contributed by atoms with van der Waals surface area (Å²) in [5.74, 6) is -1.75. The number of carbonyl (C=O) groups is 2. The number of carboxylic acid groups (broad SMARTS) is 1. The monoisotopic (exact) mass is 434 g/mol. The molecule has 2 atom stereocenters. The zero-order valence-corrected chi connectivity index (χ0v) is 16.7. The molecule has 3 aliphatic rings. The van der Waals surface area contributed by atoms with Gasteiger partial charge in [-0.2, -0.15) is 24.5 Å². The Morgan fingerprint density at radius 2 is 2.07 bits per heavy atom. The van der Waals surface area contributed by atoms with Gasteiger partial charge in [0.05, 0.1) is 5.60 Å². The Balaban J connectivity index is 0.000000298. The molecule has 1 aliphatic carbocycles. The van der Waals surface area contributed by atoms with Crippen LogP contribution < -0.4 is 5.32 Å². The molecule has 0 bridgehead atoms. The zero-order chi connectivity index (χ0) is 21.1. The Morgan fingerprint density at radius 3 is 2.66 bits per heavy atom. The summed E-state index contributed by atoms with van der Waals surface area (Å²) in [4.78, 5) is 23.7. The van der Waals surface area contributed by atoms with Crippen LogP contribution in [0.1, 0.15) is 42.5 Å². The van der Waals surface area contributed by atoms with E-state index in [2.05, 4.69) is 10.2 Å². The first-order valence-electron chi connectivity index (χ1n) is 9.66. The van der Waals surface area contributed by atoms with Gasteiger partial charge in [-0.15, -0.1) is 0 Å².